The van der Waals surface area contributed by atoms with E-state index in [1.807, 2.05) is 0 Å². The van der Waals surface area contributed by atoms with Crippen molar-refractivity contribution < 1.29 is 13.2 Å². The third-order valence-electron chi connectivity index (χ3n) is 7.55. The molecule has 0 amide bonds. The summed E-state index contributed by atoms with van der Waals surface area (Å²) in [6.45, 7) is 4.07. The van der Waals surface area contributed by atoms with Crippen molar-refractivity contribution >= 4 is 6.08 Å². The zero-order valence-corrected chi connectivity index (χ0v) is 18.7. The van der Waals surface area contributed by atoms with E-state index in [1.54, 1.807) is 19.1 Å². The molecule has 2 aromatic rings. The summed E-state index contributed by atoms with van der Waals surface area (Å²) in [6, 6.07) is 6.27. The lowest BCUT2D eigenvalue weighted by atomic mass is 9.78. The molecule has 0 aliphatic heterocycles. The molecule has 1 fully saturated rings. The number of benzene rings is 2. The average molecular weight is 427 g/mol. The van der Waals surface area contributed by atoms with Gasteiger partial charge in [0.15, 0.2) is 11.6 Å². The van der Waals surface area contributed by atoms with Gasteiger partial charge in [0.2, 0.25) is 0 Å². The first-order valence-corrected chi connectivity index (χ1v) is 12.0. The van der Waals surface area contributed by atoms with Crippen LogP contribution in [0.3, 0.4) is 0 Å². The first-order valence-electron chi connectivity index (χ1n) is 12.0. The lowest BCUT2D eigenvalue weighted by Gasteiger charge is -2.28. The summed E-state index contributed by atoms with van der Waals surface area (Å²) in [5.74, 6) is -0.564. The van der Waals surface area contributed by atoms with Crippen molar-refractivity contribution in [3.05, 3.63) is 64.0 Å². The zero-order chi connectivity index (χ0) is 22.0. The maximum atomic E-state index is 14.9. The van der Waals surface area contributed by atoms with Crippen LogP contribution in [0.15, 0.2) is 29.8 Å². The van der Waals surface area contributed by atoms with Crippen molar-refractivity contribution in [2.45, 2.75) is 78.1 Å². The first kappa shape index (κ1) is 22.2. The Hall–Kier alpha value is -2.03. The third-order valence-corrected chi connectivity index (χ3v) is 7.55. The van der Waals surface area contributed by atoms with Gasteiger partial charge in [-0.2, -0.15) is 0 Å². The van der Waals surface area contributed by atoms with Gasteiger partial charge in [-0.15, -0.1) is 0 Å². The van der Waals surface area contributed by atoms with Gasteiger partial charge in [0.25, 0.3) is 0 Å². The second-order valence-corrected chi connectivity index (χ2v) is 9.42. The number of aryl methyl sites for hydroxylation is 2. The number of hydrogen-bond donors (Lipinski definition) is 0. The Morgan fingerprint density at radius 2 is 1.58 bits per heavy atom. The van der Waals surface area contributed by atoms with Crippen LogP contribution in [0.2, 0.25) is 0 Å². The highest BCUT2D eigenvalue weighted by atomic mass is 19.2. The molecule has 3 heteroatoms. The maximum Gasteiger partial charge on any atom is 0.167 e. The molecule has 2 aliphatic carbocycles. The minimum atomic E-state index is -0.956. The van der Waals surface area contributed by atoms with Gasteiger partial charge in [-0.1, -0.05) is 69.7 Å². The van der Waals surface area contributed by atoms with Gasteiger partial charge in [0, 0.05) is 11.1 Å². The standard InChI is InChI=1S/C28H33F3/c1-3-18-5-7-19(8-6-18)9-10-20-11-12-22-16-25(26(29)17-23(22)15-20)24-14-13-21(4-2)27(30)28(24)31/h13-19H,3-12H2,1-2H3. The van der Waals surface area contributed by atoms with Crippen LogP contribution >= 0.6 is 0 Å². The van der Waals surface area contributed by atoms with Crippen molar-refractivity contribution in [1.82, 2.24) is 0 Å². The highest BCUT2D eigenvalue weighted by Gasteiger charge is 2.22. The van der Waals surface area contributed by atoms with Gasteiger partial charge < -0.3 is 0 Å². The minimum Gasteiger partial charge on any atom is -0.206 e. The van der Waals surface area contributed by atoms with Crippen LogP contribution in [0.4, 0.5) is 13.2 Å². The molecular weight excluding hydrogens is 393 g/mol. The Balaban J connectivity index is 1.49. The quantitative estimate of drug-likeness (QED) is 0.433. The number of halogens is 3. The van der Waals surface area contributed by atoms with E-state index in [4.69, 9.17) is 0 Å². The normalized spacial score (nSPS) is 21.0. The summed E-state index contributed by atoms with van der Waals surface area (Å²) >= 11 is 0. The molecule has 0 N–H and O–H groups in total. The fraction of sp³-hybridized carbons (Fsp3) is 0.500. The molecule has 0 heterocycles. The highest BCUT2D eigenvalue weighted by Crippen LogP contribution is 2.37. The summed E-state index contributed by atoms with van der Waals surface area (Å²) in [5, 5.41) is 0. The predicted molar refractivity (Wildman–Crippen MR) is 122 cm³/mol. The number of allylic oxidation sites excluding steroid dienone is 1. The molecule has 0 atom stereocenters. The van der Waals surface area contributed by atoms with Crippen LogP contribution in [-0.2, 0) is 12.8 Å². The SMILES string of the molecule is CCc1ccc(-c2cc3c(cc2F)C=C(CCC2CCC(CC)CC2)CC3)c(F)c1F. The molecule has 2 aromatic carbocycles. The van der Waals surface area contributed by atoms with E-state index < -0.39 is 17.5 Å². The smallest absolute Gasteiger partial charge is 0.167 e. The third kappa shape index (κ3) is 4.76. The Kier molecular flexibility index (Phi) is 6.89. The Morgan fingerprint density at radius 3 is 2.29 bits per heavy atom. The molecule has 0 aromatic heterocycles. The van der Waals surface area contributed by atoms with Gasteiger partial charge >= 0.3 is 0 Å². The van der Waals surface area contributed by atoms with Gasteiger partial charge in [-0.3, -0.25) is 0 Å². The van der Waals surface area contributed by atoms with Crippen LogP contribution in [0.25, 0.3) is 17.2 Å². The monoisotopic (exact) mass is 426 g/mol. The van der Waals surface area contributed by atoms with Crippen LogP contribution in [0, 0.1) is 29.3 Å². The lowest BCUT2D eigenvalue weighted by Crippen LogP contribution is -2.14. The van der Waals surface area contributed by atoms with Crippen LogP contribution in [0.1, 0.15) is 81.9 Å². The van der Waals surface area contributed by atoms with E-state index >= 15 is 0 Å². The Labute approximate surface area is 184 Å². The molecule has 0 unspecified atom stereocenters. The molecule has 166 valence electrons. The summed E-state index contributed by atoms with van der Waals surface area (Å²) in [5.41, 5.74) is 3.78. The van der Waals surface area contributed by atoms with Crippen LogP contribution in [-0.4, -0.2) is 0 Å². The van der Waals surface area contributed by atoms with Gasteiger partial charge in [0.1, 0.15) is 5.82 Å². The summed E-state index contributed by atoms with van der Waals surface area (Å²) in [7, 11) is 0. The topological polar surface area (TPSA) is 0 Å². The van der Waals surface area contributed by atoms with Crippen molar-refractivity contribution in [1.29, 1.82) is 0 Å². The van der Waals surface area contributed by atoms with E-state index in [0.717, 1.165) is 42.2 Å². The second-order valence-electron chi connectivity index (χ2n) is 9.42. The van der Waals surface area contributed by atoms with Crippen molar-refractivity contribution in [2.24, 2.45) is 11.8 Å². The molecular formula is C28H33F3. The zero-order valence-electron chi connectivity index (χ0n) is 18.7. The van der Waals surface area contributed by atoms with Gasteiger partial charge in [0.05, 0.1) is 0 Å². The van der Waals surface area contributed by atoms with Crippen molar-refractivity contribution in [2.75, 3.05) is 0 Å². The average Bonchev–Trinajstić information content (AvgIpc) is 2.79. The molecule has 0 spiro atoms. The molecule has 4 rings (SSSR count). The number of fused-ring (bicyclic) bond motifs is 1. The molecule has 31 heavy (non-hydrogen) atoms. The molecule has 0 nitrogen and oxygen atoms in total. The lowest BCUT2D eigenvalue weighted by molar-refractivity contribution is 0.258. The minimum absolute atomic E-state index is 0.00691. The number of rotatable bonds is 6. The summed E-state index contributed by atoms with van der Waals surface area (Å²) < 4.78 is 43.7. The first-order chi connectivity index (χ1) is 15.0. The largest absolute Gasteiger partial charge is 0.206 e. The maximum absolute atomic E-state index is 14.9. The highest BCUT2D eigenvalue weighted by molar-refractivity contribution is 5.71. The Morgan fingerprint density at radius 1 is 0.839 bits per heavy atom. The van der Waals surface area contributed by atoms with Crippen LogP contribution in [0.5, 0.6) is 0 Å². The van der Waals surface area contributed by atoms with E-state index in [-0.39, 0.29) is 11.1 Å². The van der Waals surface area contributed by atoms with Crippen molar-refractivity contribution in [3.8, 4) is 11.1 Å². The predicted octanol–water partition coefficient (Wildman–Crippen LogP) is 8.66. The van der Waals surface area contributed by atoms with Crippen LogP contribution < -0.4 is 0 Å². The van der Waals surface area contributed by atoms with Gasteiger partial charge in [-0.05, 0) is 72.8 Å². The van der Waals surface area contributed by atoms with E-state index in [0.29, 0.717) is 12.0 Å². The van der Waals surface area contributed by atoms with Crippen molar-refractivity contribution in [3.63, 3.8) is 0 Å². The van der Waals surface area contributed by atoms with E-state index in [1.165, 1.54) is 56.2 Å². The molecule has 1 saturated carbocycles. The molecule has 0 bridgehead atoms. The molecule has 2 aliphatic rings. The second kappa shape index (κ2) is 9.63. The van der Waals surface area contributed by atoms with E-state index in [9.17, 15) is 13.2 Å². The fourth-order valence-electron chi connectivity index (χ4n) is 5.36. The molecule has 0 saturated heterocycles. The summed E-state index contributed by atoms with van der Waals surface area (Å²) in [4.78, 5) is 0. The fourth-order valence-corrected chi connectivity index (χ4v) is 5.36. The number of hydrogen-bond acceptors (Lipinski definition) is 0. The Bertz CT molecular complexity index is 965. The van der Waals surface area contributed by atoms with Gasteiger partial charge in [-0.25, -0.2) is 13.2 Å². The van der Waals surface area contributed by atoms with E-state index in [2.05, 4.69) is 13.0 Å². The molecule has 0 radical (unpaired) electrons. The summed E-state index contributed by atoms with van der Waals surface area (Å²) in [6.07, 6.45) is 13.4.